The highest BCUT2D eigenvalue weighted by Gasteiger charge is 1.92. The van der Waals surface area contributed by atoms with E-state index in [9.17, 15) is 4.79 Å². The monoisotopic (exact) mass is 205 g/mol. The van der Waals surface area contributed by atoms with Gasteiger partial charge in [0.1, 0.15) is 0 Å². The van der Waals surface area contributed by atoms with E-state index < -0.39 is 6.16 Å². The smallest absolute Gasteiger partial charge is 0.438 e. The third-order valence-corrected chi connectivity index (χ3v) is 1.77. The van der Waals surface area contributed by atoms with E-state index in [1.807, 2.05) is 0 Å². The number of nitrogens with zero attached hydrogens (tertiary/aromatic N) is 1. The van der Waals surface area contributed by atoms with Gasteiger partial charge in [0.2, 0.25) is 0 Å². The minimum atomic E-state index is -0.623. The summed E-state index contributed by atoms with van der Waals surface area (Å²) < 4.78 is 8.46. The largest absolute Gasteiger partial charge is 0.507 e. The summed E-state index contributed by atoms with van der Waals surface area (Å²) in [4.78, 5) is 12.3. The fourth-order valence-electron chi connectivity index (χ4n) is 0.848. The normalized spacial score (nSPS) is 9.00. The molecule has 0 aliphatic heterocycles. The van der Waals surface area contributed by atoms with Crippen LogP contribution in [0.15, 0.2) is 0 Å². The molecule has 0 N–H and O–H groups in total. The van der Waals surface area contributed by atoms with Crippen LogP contribution in [0.1, 0.15) is 27.7 Å². The molecule has 4 nitrogen and oxygen atoms in total. The van der Waals surface area contributed by atoms with E-state index in [0.29, 0.717) is 6.61 Å². The zero-order chi connectivity index (χ0) is 11.4. The van der Waals surface area contributed by atoms with Crippen LogP contribution in [0, 0.1) is 0 Å². The van der Waals surface area contributed by atoms with Gasteiger partial charge in [0.15, 0.2) is 0 Å². The molecule has 14 heavy (non-hydrogen) atoms. The summed E-state index contributed by atoms with van der Waals surface area (Å²) in [5, 5.41) is 0. The molecule has 4 heteroatoms. The van der Waals surface area contributed by atoms with Crippen LogP contribution in [-0.4, -0.2) is 44.4 Å². The van der Waals surface area contributed by atoms with E-state index in [2.05, 4.69) is 35.1 Å². The van der Waals surface area contributed by atoms with Crippen molar-refractivity contribution in [2.45, 2.75) is 27.7 Å². The van der Waals surface area contributed by atoms with Gasteiger partial charge in [0.25, 0.3) is 0 Å². The van der Waals surface area contributed by atoms with Gasteiger partial charge in [-0.1, -0.05) is 20.8 Å². The Balaban J connectivity index is 0. The molecule has 86 valence electrons. The predicted octanol–water partition coefficient (Wildman–Crippen LogP) is 2.14. The van der Waals surface area contributed by atoms with E-state index in [-0.39, 0.29) is 0 Å². The molecule has 0 aromatic rings. The van der Waals surface area contributed by atoms with Crippen LogP contribution in [0.3, 0.4) is 0 Å². The van der Waals surface area contributed by atoms with E-state index in [1.165, 1.54) is 26.7 Å². The molecule has 0 saturated heterocycles. The highest BCUT2D eigenvalue weighted by Crippen LogP contribution is 1.81. The fourth-order valence-corrected chi connectivity index (χ4v) is 0.848. The highest BCUT2D eigenvalue weighted by atomic mass is 16.7. The zero-order valence-electron chi connectivity index (χ0n) is 10.0. The summed E-state index contributed by atoms with van der Waals surface area (Å²) in [6.45, 7) is 12.2. The van der Waals surface area contributed by atoms with Crippen LogP contribution in [0.5, 0.6) is 0 Å². The van der Waals surface area contributed by atoms with Gasteiger partial charge in [-0.3, -0.25) is 0 Å². The predicted molar refractivity (Wildman–Crippen MR) is 57.5 cm³/mol. The van der Waals surface area contributed by atoms with Crippen molar-refractivity contribution in [2.75, 3.05) is 33.4 Å². The molecule has 0 fully saturated rings. The van der Waals surface area contributed by atoms with Crippen LogP contribution in [-0.2, 0) is 9.47 Å². The molecule has 0 aliphatic carbocycles. The van der Waals surface area contributed by atoms with Gasteiger partial charge < -0.3 is 14.4 Å². The van der Waals surface area contributed by atoms with Crippen molar-refractivity contribution < 1.29 is 14.3 Å². The number of carbonyl (C=O) groups is 1. The molecular weight excluding hydrogens is 182 g/mol. The Morgan fingerprint density at radius 1 is 1.07 bits per heavy atom. The standard InChI is InChI=1S/C6H15N.C4H8O3/c1-4-7(5-2)6-3;1-3-7-4(5)6-2/h4-6H2,1-3H3;3H2,1-2H3. The number of hydrogen-bond acceptors (Lipinski definition) is 4. The van der Waals surface area contributed by atoms with Crippen molar-refractivity contribution in [3.05, 3.63) is 0 Å². The van der Waals surface area contributed by atoms with Gasteiger partial charge in [-0.15, -0.1) is 0 Å². The number of carbonyl (C=O) groups excluding carboxylic acids is 1. The van der Waals surface area contributed by atoms with Crippen LogP contribution in [0.25, 0.3) is 0 Å². The summed E-state index contributed by atoms with van der Waals surface area (Å²) >= 11 is 0. The van der Waals surface area contributed by atoms with Gasteiger partial charge in [0, 0.05) is 0 Å². The van der Waals surface area contributed by atoms with Crippen molar-refractivity contribution in [1.82, 2.24) is 4.90 Å². The topological polar surface area (TPSA) is 38.8 Å². The molecule has 0 rings (SSSR count). The van der Waals surface area contributed by atoms with Crippen LogP contribution in [0.2, 0.25) is 0 Å². The number of ether oxygens (including phenoxy) is 2. The average molecular weight is 205 g/mol. The molecule has 0 amide bonds. The third-order valence-electron chi connectivity index (χ3n) is 1.77. The van der Waals surface area contributed by atoms with Gasteiger partial charge >= 0.3 is 6.16 Å². The lowest BCUT2D eigenvalue weighted by molar-refractivity contribution is 0.0771. The molecule has 0 aromatic heterocycles. The minimum Gasteiger partial charge on any atom is -0.438 e. The summed E-state index contributed by atoms with van der Waals surface area (Å²) in [5.74, 6) is 0. The van der Waals surface area contributed by atoms with Crippen molar-refractivity contribution in [1.29, 1.82) is 0 Å². The Labute approximate surface area is 87.2 Å². The Hall–Kier alpha value is -0.770. The van der Waals surface area contributed by atoms with E-state index >= 15 is 0 Å². The fraction of sp³-hybridized carbons (Fsp3) is 0.900. The number of rotatable bonds is 4. The van der Waals surface area contributed by atoms with E-state index in [1.54, 1.807) is 6.92 Å². The molecule has 0 aliphatic rings. The van der Waals surface area contributed by atoms with Crippen molar-refractivity contribution >= 4 is 6.16 Å². The first-order valence-electron chi connectivity index (χ1n) is 5.09. The van der Waals surface area contributed by atoms with Gasteiger partial charge in [-0.2, -0.15) is 0 Å². The van der Waals surface area contributed by atoms with Crippen LogP contribution < -0.4 is 0 Å². The van der Waals surface area contributed by atoms with Crippen LogP contribution >= 0.6 is 0 Å². The number of hydrogen-bond donors (Lipinski definition) is 0. The Kier molecular flexibility index (Phi) is 13.7. The maximum atomic E-state index is 9.97. The molecule has 0 radical (unpaired) electrons. The Morgan fingerprint density at radius 3 is 1.57 bits per heavy atom. The molecule has 0 heterocycles. The lowest BCUT2D eigenvalue weighted by Crippen LogP contribution is -2.21. The Morgan fingerprint density at radius 2 is 1.50 bits per heavy atom. The lowest BCUT2D eigenvalue weighted by atomic mass is 10.5. The van der Waals surface area contributed by atoms with Crippen molar-refractivity contribution in [3.8, 4) is 0 Å². The molecule has 0 aromatic carbocycles. The summed E-state index contributed by atoms with van der Waals surface area (Å²) in [6, 6.07) is 0. The van der Waals surface area contributed by atoms with Gasteiger partial charge in [-0.05, 0) is 26.6 Å². The second-order valence-corrected chi connectivity index (χ2v) is 2.51. The SMILES string of the molecule is CCN(CC)CC.CCOC(=O)OC. The molecule has 0 unspecified atom stereocenters. The van der Waals surface area contributed by atoms with E-state index in [0.717, 1.165) is 0 Å². The first-order valence-corrected chi connectivity index (χ1v) is 5.09. The second-order valence-electron chi connectivity index (χ2n) is 2.51. The Bertz CT molecular complexity index is 119. The van der Waals surface area contributed by atoms with Gasteiger partial charge in [-0.25, -0.2) is 4.79 Å². The molecule has 0 atom stereocenters. The zero-order valence-corrected chi connectivity index (χ0v) is 10.0. The quantitative estimate of drug-likeness (QED) is 0.659. The van der Waals surface area contributed by atoms with Crippen LogP contribution in [0.4, 0.5) is 4.79 Å². The minimum absolute atomic E-state index is 0.368. The maximum Gasteiger partial charge on any atom is 0.507 e. The lowest BCUT2D eigenvalue weighted by Gasteiger charge is -2.13. The molecule has 0 spiro atoms. The molecule has 0 saturated carbocycles. The summed E-state index contributed by atoms with van der Waals surface area (Å²) in [6.07, 6.45) is -0.623. The maximum absolute atomic E-state index is 9.97. The van der Waals surface area contributed by atoms with Crippen molar-refractivity contribution in [2.24, 2.45) is 0 Å². The summed E-state index contributed by atoms with van der Waals surface area (Å²) in [5.41, 5.74) is 0. The van der Waals surface area contributed by atoms with Crippen molar-refractivity contribution in [3.63, 3.8) is 0 Å². The number of methoxy groups -OCH3 is 1. The average Bonchev–Trinajstić information content (AvgIpc) is 2.22. The highest BCUT2D eigenvalue weighted by molar-refractivity contribution is 5.59. The first-order chi connectivity index (χ1) is 6.65. The van der Waals surface area contributed by atoms with Gasteiger partial charge in [0.05, 0.1) is 13.7 Å². The molecule has 0 bridgehead atoms. The third kappa shape index (κ3) is 11.2. The summed E-state index contributed by atoms with van der Waals surface area (Å²) in [7, 11) is 1.28. The second kappa shape index (κ2) is 12.2. The first kappa shape index (κ1) is 15.7. The molecular formula is C10H23NO3. The van der Waals surface area contributed by atoms with E-state index in [4.69, 9.17) is 0 Å².